The zero-order valence-corrected chi connectivity index (χ0v) is 20.5. The molecular weight excluding hydrogens is 520 g/mol. The van der Waals surface area contributed by atoms with E-state index in [4.69, 9.17) is 21.1 Å². The van der Waals surface area contributed by atoms with Crippen LogP contribution < -0.4 is 14.8 Å². The van der Waals surface area contributed by atoms with Crippen molar-refractivity contribution in [2.75, 3.05) is 25.1 Å². The van der Waals surface area contributed by atoms with Gasteiger partial charge >= 0.3 is 0 Å². The molecule has 1 aliphatic heterocycles. The van der Waals surface area contributed by atoms with Crippen LogP contribution in [-0.2, 0) is 9.59 Å². The van der Waals surface area contributed by atoms with E-state index in [-0.39, 0.29) is 4.91 Å². The lowest BCUT2D eigenvalue weighted by Crippen LogP contribution is -2.36. The molecule has 0 spiro atoms. The molecule has 10 heteroatoms. The number of halogens is 2. The van der Waals surface area contributed by atoms with E-state index in [2.05, 4.69) is 21.2 Å². The van der Waals surface area contributed by atoms with Gasteiger partial charge in [0.15, 0.2) is 0 Å². The first kappa shape index (κ1) is 24.2. The molecule has 0 unspecified atom stereocenters. The Balaban J connectivity index is 1.80. The minimum atomic E-state index is -0.554. The summed E-state index contributed by atoms with van der Waals surface area (Å²) in [5.74, 6) is 0.0436. The highest BCUT2D eigenvalue weighted by molar-refractivity contribution is 9.10. The molecule has 3 amide bonds. The quantitative estimate of drug-likeness (QED) is 0.441. The normalized spacial score (nSPS) is 14.8. The molecule has 0 aliphatic carbocycles. The summed E-state index contributed by atoms with van der Waals surface area (Å²) >= 11 is 10.3. The lowest BCUT2D eigenvalue weighted by molar-refractivity contribution is -0.127. The van der Waals surface area contributed by atoms with Crippen LogP contribution in [0.1, 0.15) is 19.4 Å². The van der Waals surface area contributed by atoms with Crippen LogP contribution in [0.3, 0.4) is 0 Å². The number of para-hydroxylation sites is 1. The van der Waals surface area contributed by atoms with Crippen LogP contribution in [0.25, 0.3) is 6.08 Å². The first-order chi connectivity index (χ1) is 15.3. The van der Waals surface area contributed by atoms with Crippen LogP contribution in [0.2, 0.25) is 5.02 Å². The molecule has 0 radical (unpaired) electrons. The number of nitrogens with one attached hydrogen (secondary N) is 1. The number of hydrogen-bond donors (Lipinski definition) is 1. The number of rotatable bonds is 8. The van der Waals surface area contributed by atoms with Gasteiger partial charge in [0.25, 0.3) is 11.1 Å². The van der Waals surface area contributed by atoms with Crippen molar-refractivity contribution in [2.45, 2.75) is 13.8 Å². The fourth-order valence-electron chi connectivity index (χ4n) is 2.88. The summed E-state index contributed by atoms with van der Waals surface area (Å²) in [7, 11) is 0. The van der Waals surface area contributed by atoms with Gasteiger partial charge in [0.2, 0.25) is 5.91 Å². The van der Waals surface area contributed by atoms with Gasteiger partial charge in [-0.1, -0.05) is 23.7 Å². The van der Waals surface area contributed by atoms with Crippen LogP contribution in [0, 0.1) is 0 Å². The van der Waals surface area contributed by atoms with E-state index in [0.29, 0.717) is 45.5 Å². The van der Waals surface area contributed by atoms with E-state index in [9.17, 15) is 14.4 Å². The van der Waals surface area contributed by atoms with Gasteiger partial charge in [-0.3, -0.25) is 19.3 Å². The number of imide groups is 1. The van der Waals surface area contributed by atoms with Crippen LogP contribution in [-0.4, -0.2) is 41.7 Å². The predicted molar refractivity (Wildman–Crippen MR) is 129 cm³/mol. The molecule has 1 N–H and O–H groups in total. The van der Waals surface area contributed by atoms with Crippen molar-refractivity contribution in [3.8, 4) is 11.5 Å². The van der Waals surface area contributed by atoms with Crippen molar-refractivity contribution in [1.29, 1.82) is 0 Å². The third-order valence-electron chi connectivity index (χ3n) is 4.27. The number of carbonyl (C=O) groups is 3. The number of carbonyl (C=O) groups excluding carboxylic acids is 3. The van der Waals surface area contributed by atoms with Crippen molar-refractivity contribution < 1.29 is 23.9 Å². The van der Waals surface area contributed by atoms with Crippen LogP contribution in [0.15, 0.2) is 45.8 Å². The van der Waals surface area contributed by atoms with E-state index < -0.39 is 23.6 Å². The van der Waals surface area contributed by atoms with Gasteiger partial charge in [-0.05, 0) is 65.8 Å². The fraction of sp³-hybridized carbons (Fsp3) is 0.227. The summed E-state index contributed by atoms with van der Waals surface area (Å²) < 4.78 is 11.9. The minimum Gasteiger partial charge on any atom is -0.493 e. The molecule has 32 heavy (non-hydrogen) atoms. The summed E-state index contributed by atoms with van der Waals surface area (Å²) in [4.78, 5) is 38.7. The Morgan fingerprint density at radius 2 is 1.84 bits per heavy atom. The second-order valence-electron chi connectivity index (χ2n) is 6.48. The van der Waals surface area contributed by atoms with E-state index in [1.54, 1.807) is 42.5 Å². The van der Waals surface area contributed by atoms with E-state index in [1.807, 2.05) is 13.8 Å². The molecular formula is C22H20BrClN2O5S. The largest absolute Gasteiger partial charge is 0.493 e. The zero-order valence-electron chi connectivity index (χ0n) is 17.3. The topological polar surface area (TPSA) is 84.9 Å². The monoisotopic (exact) mass is 538 g/mol. The molecule has 7 nitrogen and oxygen atoms in total. The molecule has 0 bridgehead atoms. The maximum absolute atomic E-state index is 12.8. The molecule has 0 atom stereocenters. The molecule has 0 saturated carbocycles. The Morgan fingerprint density at radius 3 is 2.53 bits per heavy atom. The first-order valence-corrected chi connectivity index (χ1v) is 11.7. The summed E-state index contributed by atoms with van der Waals surface area (Å²) in [6.07, 6.45) is 1.57. The number of anilines is 1. The van der Waals surface area contributed by atoms with E-state index >= 15 is 0 Å². The summed E-state index contributed by atoms with van der Waals surface area (Å²) in [5.41, 5.74) is 1.01. The summed E-state index contributed by atoms with van der Waals surface area (Å²) in [6, 6.07) is 10.2. The molecule has 1 aliphatic rings. The third kappa shape index (κ3) is 5.65. The summed E-state index contributed by atoms with van der Waals surface area (Å²) in [6.45, 7) is 4.20. The van der Waals surface area contributed by atoms with Gasteiger partial charge in [-0.25, -0.2) is 0 Å². The number of ether oxygens (including phenoxy) is 2. The van der Waals surface area contributed by atoms with Gasteiger partial charge < -0.3 is 14.8 Å². The maximum Gasteiger partial charge on any atom is 0.294 e. The second kappa shape index (κ2) is 10.9. The Kier molecular flexibility index (Phi) is 8.22. The van der Waals surface area contributed by atoms with Gasteiger partial charge in [-0.15, -0.1) is 0 Å². The lowest BCUT2D eigenvalue weighted by Gasteiger charge is -2.13. The Morgan fingerprint density at radius 1 is 1.16 bits per heavy atom. The maximum atomic E-state index is 12.8. The number of thioether (sulfide) groups is 1. The van der Waals surface area contributed by atoms with Crippen molar-refractivity contribution in [3.05, 3.63) is 56.4 Å². The zero-order chi connectivity index (χ0) is 23.3. The number of hydrogen-bond acceptors (Lipinski definition) is 6. The molecule has 1 saturated heterocycles. The highest BCUT2D eigenvalue weighted by Crippen LogP contribution is 2.38. The highest BCUT2D eigenvalue weighted by Gasteiger charge is 2.36. The van der Waals surface area contributed by atoms with Crippen molar-refractivity contribution in [2.24, 2.45) is 0 Å². The van der Waals surface area contributed by atoms with Crippen LogP contribution in [0.4, 0.5) is 10.5 Å². The number of amides is 3. The van der Waals surface area contributed by atoms with Crippen LogP contribution >= 0.6 is 39.3 Å². The Hall–Kier alpha value is -2.49. The van der Waals surface area contributed by atoms with Gasteiger partial charge in [0.1, 0.15) is 18.0 Å². The number of benzene rings is 2. The van der Waals surface area contributed by atoms with Gasteiger partial charge in [-0.2, -0.15) is 0 Å². The molecule has 2 aromatic rings. The molecule has 1 fully saturated rings. The lowest BCUT2D eigenvalue weighted by atomic mass is 10.1. The highest BCUT2D eigenvalue weighted by atomic mass is 79.9. The van der Waals surface area contributed by atoms with Crippen molar-refractivity contribution in [1.82, 2.24) is 4.90 Å². The molecule has 0 aromatic heterocycles. The minimum absolute atomic E-state index is 0.192. The van der Waals surface area contributed by atoms with Crippen molar-refractivity contribution in [3.63, 3.8) is 0 Å². The predicted octanol–water partition coefficient (Wildman–Crippen LogP) is 5.57. The molecule has 2 aromatic carbocycles. The molecule has 168 valence electrons. The average Bonchev–Trinajstić information content (AvgIpc) is 3.00. The van der Waals surface area contributed by atoms with Crippen molar-refractivity contribution >= 4 is 68.1 Å². The summed E-state index contributed by atoms with van der Waals surface area (Å²) in [5, 5.41) is 2.44. The van der Waals surface area contributed by atoms with Gasteiger partial charge in [0, 0.05) is 11.6 Å². The SMILES string of the molecule is CCOc1cc(OCC)c(/C=C2/SC(=O)N(CC(=O)Nc3ccccc3Cl)C2=O)cc1Br. The molecule has 1 heterocycles. The average molecular weight is 540 g/mol. The van der Waals surface area contributed by atoms with E-state index in [0.717, 1.165) is 16.7 Å². The van der Waals surface area contributed by atoms with Gasteiger partial charge in [0.05, 0.1) is 33.3 Å². The van der Waals surface area contributed by atoms with Crippen LogP contribution in [0.5, 0.6) is 11.5 Å². The smallest absolute Gasteiger partial charge is 0.294 e. The van der Waals surface area contributed by atoms with E-state index in [1.165, 1.54) is 0 Å². The Labute approximate surface area is 203 Å². The fourth-order valence-corrected chi connectivity index (χ4v) is 4.37. The number of nitrogens with zero attached hydrogens (tertiary/aromatic N) is 1. The first-order valence-electron chi connectivity index (χ1n) is 9.72. The second-order valence-corrected chi connectivity index (χ2v) is 8.74. The standard InChI is InChI=1S/C22H20BrClN2O5S/c1-3-30-17-11-18(31-4-2)14(23)9-13(17)10-19-21(28)26(22(29)32-19)12-20(27)25-16-8-6-5-7-15(16)24/h5-11H,3-4,12H2,1-2H3,(H,25,27)/b19-10+. The Bertz CT molecular complexity index is 1090. The molecule has 3 rings (SSSR count). The third-order valence-corrected chi connectivity index (χ3v) is 6.13.